The Morgan fingerprint density at radius 2 is 1.83 bits per heavy atom. The Hall–Kier alpha value is -2.67. The maximum absolute atomic E-state index is 12.4. The first-order valence-corrected chi connectivity index (χ1v) is 10.3. The van der Waals surface area contributed by atoms with Gasteiger partial charge in [0.15, 0.2) is 0 Å². The molecule has 162 valence electrons. The number of rotatable bonds is 10. The summed E-state index contributed by atoms with van der Waals surface area (Å²) in [6.45, 7) is 1.53. The van der Waals surface area contributed by atoms with Crippen molar-refractivity contribution in [3.05, 3.63) is 59.7 Å². The molecule has 1 fully saturated rings. The van der Waals surface area contributed by atoms with Crippen LogP contribution in [0.2, 0.25) is 0 Å². The predicted molar refractivity (Wildman–Crippen MR) is 111 cm³/mol. The molecule has 0 bridgehead atoms. The lowest BCUT2D eigenvalue weighted by Crippen LogP contribution is -2.37. The van der Waals surface area contributed by atoms with Gasteiger partial charge in [-0.3, -0.25) is 9.69 Å². The molecule has 0 radical (unpaired) electrons. The highest BCUT2D eigenvalue weighted by Crippen LogP contribution is 2.32. The van der Waals surface area contributed by atoms with Crippen LogP contribution >= 0.6 is 0 Å². The maximum atomic E-state index is 12.4. The summed E-state index contributed by atoms with van der Waals surface area (Å²) in [5, 5.41) is 2.95. The molecule has 5 nitrogen and oxygen atoms in total. The average Bonchev–Trinajstić information content (AvgIpc) is 3.18. The lowest BCUT2D eigenvalue weighted by molar-refractivity contribution is -0.122. The van der Waals surface area contributed by atoms with Gasteiger partial charge in [0.05, 0.1) is 13.2 Å². The van der Waals surface area contributed by atoms with E-state index in [1.807, 2.05) is 19.1 Å². The third-order valence-corrected chi connectivity index (χ3v) is 5.17. The number of hydrogen-bond acceptors (Lipinski definition) is 4. The zero-order valence-corrected chi connectivity index (χ0v) is 17.2. The van der Waals surface area contributed by atoms with Crippen LogP contribution in [0.1, 0.15) is 36.9 Å². The molecule has 1 amide bonds. The number of nitrogens with zero attached hydrogens (tertiary/aromatic N) is 1. The molecular formula is C23H28F2N2O3. The van der Waals surface area contributed by atoms with E-state index in [2.05, 4.69) is 27.1 Å². The van der Waals surface area contributed by atoms with Crippen LogP contribution in [0.4, 0.5) is 8.78 Å². The summed E-state index contributed by atoms with van der Waals surface area (Å²) in [6.07, 6.45) is 2.73. The monoisotopic (exact) mass is 418 g/mol. The quantitative estimate of drug-likeness (QED) is 0.629. The summed E-state index contributed by atoms with van der Waals surface area (Å²) in [7, 11) is 0. The summed E-state index contributed by atoms with van der Waals surface area (Å²) < 4.78 is 34.2. The molecular weight excluding hydrogens is 390 g/mol. The van der Waals surface area contributed by atoms with Crippen molar-refractivity contribution in [2.45, 2.75) is 38.8 Å². The lowest BCUT2D eigenvalue weighted by atomic mass is 10.0. The van der Waals surface area contributed by atoms with Gasteiger partial charge < -0.3 is 14.8 Å². The fourth-order valence-corrected chi connectivity index (χ4v) is 3.77. The van der Waals surface area contributed by atoms with Gasteiger partial charge in [-0.15, -0.1) is 0 Å². The Kier molecular flexibility index (Phi) is 8.02. The highest BCUT2D eigenvalue weighted by Gasteiger charge is 2.27. The molecule has 1 N–H and O–H groups in total. The van der Waals surface area contributed by atoms with Crippen molar-refractivity contribution >= 4 is 5.91 Å². The average molecular weight is 418 g/mol. The van der Waals surface area contributed by atoms with Crippen LogP contribution in [0.15, 0.2) is 48.5 Å². The first kappa shape index (κ1) is 22.0. The fraction of sp³-hybridized carbons (Fsp3) is 0.435. The number of alkyl halides is 2. The van der Waals surface area contributed by atoms with Crippen LogP contribution in [0.5, 0.6) is 11.5 Å². The second kappa shape index (κ2) is 10.9. The Morgan fingerprint density at radius 3 is 2.50 bits per heavy atom. The molecule has 0 aliphatic carbocycles. The minimum atomic E-state index is -2.83. The van der Waals surface area contributed by atoms with Crippen molar-refractivity contribution in [1.29, 1.82) is 0 Å². The summed E-state index contributed by atoms with van der Waals surface area (Å²) in [6, 6.07) is 14.8. The molecule has 2 aromatic rings. The number of carbonyl (C=O) groups excluding carboxylic acids is 1. The number of hydrogen-bond donors (Lipinski definition) is 1. The molecule has 2 aromatic carbocycles. The van der Waals surface area contributed by atoms with Crippen LogP contribution in [-0.2, 0) is 11.2 Å². The normalized spacial score (nSPS) is 16.6. The SMILES string of the molecule is CCOc1ccc(C2CCCN2CC(=O)NCCc2ccc(OC(F)F)cc2)cc1. The van der Waals surface area contributed by atoms with Crippen molar-refractivity contribution in [3.63, 3.8) is 0 Å². The van der Waals surface area contributed by atoms with Gasteiger partial charge in [-0.25, -0.2) is 0 Å². The van der Waals surface area contributed by atoms with Gasteiger partial charge in [-0.1, -0.05) is 24.3 Å². The van der Waals surface area contributed by atoms with Crippen LogP contribution in [-0.4, -0.2) is 43.7 Å². The molecule has 0 spiro atoms. The van der Waals surface area contributed by atoms with Crippen molar-refractivity contribution in [2.75, 3.05) is 26.2 Å². The van der Waals surface area contributed by atoms with Gasteiger partial charge in [0.25, 0.3) is 0 Å². The summed E-state index contributed by atoms with van der Waals surface area (Å²) in [5.74, 6) is 0.981. The van der Waals surface area contributed by atoms with E-state index in [0.29, 0.717) is 26.1 Å². The van der Waals surface area contributed by atoms with Gasteiger partial charge in [0, 0.05) is 12.6 Å². The zero-order chi connectivity index (χ0) is 21.3. The Balaban J connectivity index is 1.44. The first-order valence-electron chi connectivity index (χ1n) is 10.3. The van der Waals surface area contributed by atoms with Crippen LogP contribution in [0.3, 0.4) is 0 Å². The van der Waals surface area contributed by atoms with Gasteiger partial charge >= 0.3 is 6.61 Å². The number of likely N-dealkylation sites (tertiary alicyclic amines) is 1. The third-order valence-electron chi connectivity index (χ3n) is 5.17. The number of ether oxygens (including phenoxy) is 2. The molecule has 7 heteroatoms. The zero-order valence-electron chi connectivity index (χ0n) is 17.2. The maximum Gasteiger partial charge on any atom is 0.387 e. The number of nitrogens with one attached hydrogen (secondary N) is 1. The van der Waals surface area contributed by atoms with Gasteiger partial charge in [0.1, 0.15) is 11.5 Å². The Labute approximate surface area is 176 Å². The lowest BCUT2D eigenvalue weighted by Gasteiger charge is -2.24. The molecule has 1 atom stereocenters. The van der Waals surface area contributed by atoms with Crippen molar-refractivity contribution in [1.82, 2.24) is 10.2 Å². The largest absolute Gasteiger partial charge is 0.494 e. The summed E-state index contributed by atoms with van der Waals surface area (Å²) in [5.41, 5.74) is 2.15. The fourth-order valence-electron chi connectivity index (χ4n) is 3.77. The van der Waals surface area contributed by atoms with E-state index in [4.69, 9.17) is 4.74 Å². The molecule has 1 unspecified atom stereocenters. The molecule has 1 aliphatic rings. The van der Waals surface area contributed by atoms with Crippen LogP contribution in [0, 0.1) is 0 Å². The first-order chi connectivity index (χ1) is 14.5. The number of carbonyl (C=O) groups is 1. The number of benzene rings is 2. The molecule has 1 aliphatic heterocycles. The number of amides is 1. The van der Waals surface area contributed by atoms with Crippen molar-refractivity contribution in [2.24, 2.45) is 0 Å². The second-order valence-electron chi connectivity index (χ2n) is 7.25. The van der Waals surface area contributed by atoms with E-state index in [1.54, 1.807) is 12.1 Å². The molecule has 1 saturated heterocycles. The smallest absolute Gasteiger partial charge is 0.387 e. The molecule has 0 aromatic heterocycles. The van der Waals surface area contributed by atoms with E-state index in [0.717, 1.165) is 30.7 Å². The Morgan fingerprint density at radius 1 is 1.13 bits per heavy atom. The van der Waals surface area contributed by atoms with E-state index in [1.165, 1.54) is 17.7 Å². The standard InChI is InChI=1S/C23H28F2N2O3/c1-2-29-19-11-7-18(8-12-19)21-4-3-15-27(21)16-22(28)26-14-13-17-5-9-20(10-6-17)30-23(24)25/h5-12,21,23H,2-4,13-16H2,1H3,(H,26,28). The van der Waals surface area contributed by atoms with Gasteiger partial charge in [0.2, 0.25) is 5.91 Å². The number of halogens is 2. The van der Waals surface area contributed by atoms with E-state index >= 15 is 0 Å². The van der Waals surface area contributed by atoms with E-state index in [9.17, 15) is 13.6 Å². The van der Waals surface area contributed by atoms with Gasteiger partial charge in [-0.2, -0.15) is 8.78 Å². The molecule has 0 saturated carbocycles. The molecule has 3 rings (SSSR count). The molecule has 30 heavy (non-hydrogen) atoms. The molecule has 1 heterocycles. The van der Waals surface area contributed by atoms with E-state index in [-0.39, 0.29) is 17.7 Å². The van der Waals surface area contributed by atoms with Crippen LogP contribution in [0.25, 0.3) is 0 Å². The van der Waals surface area contributed by atoms with Gasteiger partial charge in [-0.05, 0) is 68.1 Å². The summed E-state index contributed by atoms with van der Waals surface area (Å²) >= 11 is 0. The highest BCUT2D eigenvalue weighted by molar-refractivity contribution is 5.78. The summed E-state index contributed by atoms with van der Waals surface area (Å²) in [4.78, 5) is 14.6. The third kappa shape index (κ3) is 6.42. The topological polar surface area (TPSA) is 50.8 Å². The minimum Gasteiger partial charge on any atom is -0.494 e. The predicted octanol–water partition coefficient (Wildman–Crippen LogP) is 4.18. The second-order valence-corrected chi connectivity index (χ2v) is 7.25. The Bertz CT molecular complexity index is 797. The highest BCUT2D eigenvalue weighted by atomic mass is 19.3. The minimum absolute atomic E-state index is 0.00881. The van der Waals surface area contributed by atoms with E-state index < -0.39 is 6.61 Å². The van der Waals surface area contributed by atoms with Crippen LogP contribution < -0.4 is 14.8 Å². The van der Waals surface area contributed by atoms with Crippen molar-refractivity contribution in [3.8, 4) is 11.5 Å². The van der Waals surface area contributed by atoms with Crippen molar-refractivity contribution < 1.29 is 23.0 Å².